The van der Waals surface area contributed by atoms with E-state index < -0.39 is 0 Å². The summed E-state index contributed by atoms with van der Waals surface area (Å²) in [6.45, 7) is 10.3. The second-order valence-electron chi connectivity index (χ2n) is 8.31. The normalized spacial score (nSPS) is 27.3. The number of likely N-dealkylation sites (tertiary alicyclic amines) is 1. The summed E-state index contributed by atoms with van der Waals surface area (Å²) in [6, 6.07) is 0.483. The van der Waals surface area contributed by atoms with Gasteiger partial charge in [-0.3, -0.25) is 4.79 Å². The number of hydrogen-bond donors (Lipinski definition) is 0. The van der Waals surface area contributed by atoms with Crippen LogP contribution in [0.15, 0.2) is 0 Å². The van der Waals surface area contributed by atoms with E-state index in [9.17, 15) is 4.79 Å². The van der Waals surface area contributed by atoms with Gasteiger partial charge < -0.3 is 9.80 Å². The molecule has 134 valence electrons. The van der Waals surface area contributed by atoms with Crippen LogP contribution in [-0.2, 0) is 4.79 Å². The Hall–Kier alpha value is -0.570. The minimum absolute atomic E-state index is 0.127. The van der Waals surface area contributed by atoms with E-state index in [-0.39, 0.29) is 5.92 Å². The predicted molar refractivity (Wildman–Crippen MR) is 97.4 cm³/mol. The van der Waals surface area contributed by atoms with Crippen molar-refractivity contribution >= 4 is 5.91 Å². The average molecular weight is 323 g/mol. The molecule has 1 saturated heterocycles. The molecule has 3 nitrogen and oxygen atoms in total. The second-order valence-corrected chi connectivity index (χ2v) is 8.31. The molecule has 0 unspecified atom stereocenters. The summed E-state index contributed by atoms with van der Waals surface area (Å²) < 4.78 is 0. The van der Waals surface area contributed by atoms with Crippen molar-refractivity contribution in [3.63, 3.8) is 0 Å². The highest BCUT2D eigenvalue weighted by atomic mass is 16.2. The number of hydrogen-bond acceptors (Lipinski definition) is 2. The highest BCUT2D eigenvalue weighted by Gasteiger charge is 2.29. The summed E-state index contributed by atoms with van der Waals surface area (Å²) in [5.41, 5.74) is 0. The van der Waals surface area contributed by atoms with Crippen LogP contribution in [0.4, 0.5) is 0 Å². The molecule has 2 aliphatic rings. The number of rotatable bonds is 6. The number of amides is 1. The lowest BCUT2D eigenvalue weighted by molar-refractivity contribution is -0.136. The highest BCUT2D eigenvalue weighted by Crippen LogP contribution is 2.30. The van der Waals surface area contributed by atoms with Crippen LogP contribution in [0.2, 0.25) is 0 Å². The van der Waals surface area contributed by atoms with E-state index in [1.54, 1.807) is 0 Å². The van der Waals surface area contributed by atoms with Gasteiger partial charge in [0, 0.05) is 25.6 Å². The van der Waals surface area contributed by atoms with E-state index in [0.29, 0.717) is 11.9 Å². The fourth-order valence-corrected chi connectivity index (χ4v) is 4.53. The van der Waals surface area contributed by atoms with Gasteiger partial charge in [-0.05, 0) is 63.5 Å². The van der Waals surface area contributed by atoms with E-state index in [2.05, 4.69) is 11.8 Å². The lowest BCUT2D eigenvalue weighted by Gasteiger charge is -2.39. The van der Waals surface area contributed by atoms with Crippen molar-refractivity contribution in [1.29, 1.82) is 0 Å². The lowest BCUT2D eigenvalue weighted by atomic mass is 9.84. The van der Waals surface area contributed by atoms with Gasteiger partial charge in [-0.15, -0.1) is 0 Å². The molecule has 1 amide bonds. The number of nitrogens with zero attached hydrogens (tertiary/aromatic N) is 2. The monoisotopic (exact) mass is 322 g/mol. The first-order valence-corrected chi connectivity index (χ1v) is 10.00. The number of carbonyl (C=O) groups is 1. The first-order valence-electron chi connectivity index (χ1n) is 10.00. The van der Waals surface area contributed by atoms with Crippen LogP contribution >= 0.6 is 0 Å². The fraction of sp³-hybridized carbons (Fsp3) is 0.950. The van der Waals surface area contributed by atoms with Crippen molar-refractivity contribution < 1.29 is 4.79 Å². The zero-order chi connectivity index (χ0) is 16.8. The second kappa shape index (κ2) is 9.05. The Morgan fingerprint density at radius 1 is 1.04 bits per heavy atom. The smallest absolute Gasteiger partial charge is 0.225 e. The van der Waals surface area contributed by atoms with Gasteiger partial charge in [0.05, 0.1) is 0 Å². The molecule has 2 fully saturated rings. The number of carbonyl (C=O) groups excluding carboxylic acids is 1. The molecule has 1 heterocycles. The lowest BCUT2D eigenvalue weighted by Crippen LogP contribution is -2.43. The molecule has 23 heavy (non-hydrogen) atoms. The minimum Gasteiger partial charge on any atom is -0.343 e. The zero-order valence-corrected chi connectivity index (χ0v) is 15.9. The molecular formula is C20H38N2O. The van der Waals surface area contributed by atoms with Crippen LogP contribution in [0, 0.1) is 17.8 Å². The third-order valence-electron chi connectivity index (χ3n) is 6.13. The summed E-state index contributed by atoms with van der Waals surface area (Å²) >= 11 is 0. The van der Waals surface area contributed by atoms with Crippen molar-refractivity contribution in [3.8, 4) is 0 Å². The highest BCUT2D eigenvalue weighted by molar-refractivity contribution is 5.78. The van der Waals surface area contributed by atoms with Crippen molar-refractivity contribution in [2.45, 2.75) is 78.2 Å². The standard InChI is InChI=1S/C20H38N2O/c1-5-6-17-11-13-22(14-12-17)15-18-7-9-19(10-8-18)21(4)20(23)16(2)3/h16-19H,5-15H2,1-4H3. The Morgan fingerprint density at radius 3 is 2.17 bits per heavy atom. The third kappa shape index (κ3) is 5.48. The third-order valence-corrected chi connectivity index (χ3v) is 6.13. The van der Waals surface area contributed by atoms with Crippen molar-refractivity contribution in [2.24, 2.45) is 17.8 Å². The maximum absolute atomic E-state index is 12.1. The van der Waals surface area contributed by atoms with Gasteiger partial charge in [0.1, 0.15) is 0 Å². The molecule has 0 radical (unpaired) electrons. The maximum atomic E-state index is 12.1. The average Bonchev–Trinajstić information content (AvgIpc) is 2.56. The summed E-state index contributed by atoms with van der Waals surface area (Å²) in [4.78, 5) is 16.9. The molecule has 1 saturated carbocycles. The molecule has 1 aliphatic heterocycles. The molecule has 0 aromatic carbocycles. The van der Waals surface area contributed by atoms with Crippen molar-refractivity contribution in [2.75, 3.05) is 26.7 Å². The van der Waals surface area contributed by atoms with Crippen molar-refractivity contribution in [1.82, 2.24) is 9.80 Å². The van der Waals surface area contributed by atoms with Crippen LogP contribution in [0.25, 0.3) is 0 Å². The first-order chi connectivity index (χ1) is 11.0. The first kappa shape index (κ1) is 18.8. The molecule has 0 spiro atoms. The van der Waals surface area contributed by atoms with Gasteiger partial charge in [0.15, 0.2) is 0 Å². The topological polar surface area (TPSA) is 23.6 Å². The fourth-order valence-electron chi connectivity index (χ4n) is 4.53. The summed E-state index contributed by atoms with van der Waals surface area (Å²) in [5.74, 6) is 2.28. The van der Waals surface area contributed by atoms with Gasteiger partial charge in [-0.25, -0.2) is 0 Å². The van der Waals surface area contributed by atoms with E-state index in [1.807, 2.05) is 25.8 Å². The van der Waals surface area contributed by atoms with Crippen LogP contribution in [0.1, 0.15) is 72.1 Å². The van der Waals surface area contributed by atoms with Gasteiger partial charge in [0.25, 0.3) is 0 Å². The van der Waals surface area contributed by atoms with Crippen LogP contribution in [-0.4, -0.2) is 48.4 Å². The molecule has 0 aromatic rings. The van der Waals surface area contributed by atoms with E-state index in [4.69, 9.17) is 0 Å². The maximum Gasteiger partial charge on any atom is 0.225 e. The predicted octanol–water partition coefficient (Wildman–Crippen LogP) is 4.17. The van der Waals surface area contributed by atoms with Crippen LogP contribution < -0.4 is 0 Å². The molecule has 1 aliphatic carbocycles. The molecule has 0 atom stereocenters. The van der Waals surface area contributed by atoms with Crippen LogP contribution in [0.5, 0.6) is 0 Å². The van der Waals surface area contributed by atoms with E-state index >= 15 is 0 Å². The van der Waals surface area contributed by atoms with Crippen molar-refractivity contribution in [3.05, 3.63) is 0 Å². The van der Waals surface area contributed by atoms with Crippen LogP contribution in [0.3, 0.4) is 0 Å². The Kier molecular flexibility index (Phi) is 7.39. The Balaban J connectivity index is 1.68. The Labute approximate surface area is 143 Å². The van der Waals surface area contributed by atoms with Gasteiger partial charge in [-0.2, -0.15) is 0 Å². The van der Waals surface area contributed by atoms with Gasteiger partial charge in [-0.1, -0.05) is 33.6 Å². The van der Waals surface area contributed by atoms with E-state index in [1.165, 1.54) is 71.0 Å². The van der Waals surface area contributed by atoms with Gasteiger partial charge >= 0.3 is 0 Å². The summed E-state index contributed by atoms with van der Waals surface area (Å²) in [6.07, 6.45) is 10.6. The minimum atomic E-state index is 0.127. The number of piperidine rings is 1. The molecule has 0 aromatic heterocycles. The molecular weight excluding hydrogens is 284 g/mol. The SMILES string of the molecule is CCCC1CCN(CC2CCC(N(C)C(=O)C(C)C)CC2)CC1. The summed E-state index contributed by atoms with van der Waals surface area (Å²) in [5, 5.41) is 0. The Bertz CT molecular complexity index is 353. The molecule has 0 N–H and O–H groups in total. The molecule has 3 heteroatoms. The molecule has 0 bridgehead atoms. The molecule has 2 rings (SSSR count). The quantitative estimate of drug-likeness (QED) is 0.732. The zero-order valence-electron chi connectivity index (χ0n) is 15.9. The largest absolute Gasteiger partial charge is 0.343 e. The summed E-state index contributed by atoms with van der Waals surface area (Å²) in [7, 11) is 2.01. The van der Waals surface area contributed by atoms with E-state index in [0.717, 1.165) is 11.8 Å². The Morgan fingerprint density at radius 2 is 1.65 bits per heavy atom. The van der Waals surface area contributed by atoms with Gasteiger partial charge in [0.2, 0.25) is 5.91 Å².